The highest BCUT2D eigenvalue weighted by molar-refractivity contribution is 9.10. The molecule has 2 aliphatic rings. The van der Waals surface area contributed by atoms with E-state index in [4.69, 9.17) is 9.47 Å². The van der Waals surface area contributed by atoms with Crippen molar-refractivity contribution in [3.63, 3.8) is 0 Å². The molecular weight excluding hydrogens is 646 g/mol. The molecule has 40 heavy (non-hydrogen) atoms. The number of hydrogen-bond acceptors (Lipinski definition) is 10. The highest BCUT2D eigenvalue weighted by Crippen LogP contribution is 2.60. The second-order valence-corrected chi connectivity index (χ2v) is 11.6. The molecule has 0 spiro atoms. The fraction of sp³-hybridized carbons (Fsp3) is 0.357. The molecule has 12 heteroatoms. The molecule has 2 fully saturated rings. The Bertz CT molecular complexity index is 1370. The van der Waals surface area contributed by atoms with E-state index in [1.54, 1.807) is 49.6 Å². The standard InChI is InChI=1S/C28H27Br2N5O5/c1-34-22(18-9-6-11-20(29)32-18)27(25(37)39-2)15-35(14-17-8-4-5-13-31-17)16-28(24(27)36,26(38)40-3)23(34)19-10-7-12-21(30)33-19/h4-13,22-23H,14-16H2,1-3H3. The monoisotopic (exact) mass is 671 g/mol. The summed E-state index contributed by atoms with van der Waals surface area (Å²) in [4.78, 5) is 60.4. The van der Waals surface area contributed by atoms with Crippen molar-refractivity contribution < 1.29 is 23.9 Å². The van der Waals surface area contributed by atoms with E-state index in [1.807, 2.05) is 28.0 Å². The van der Waals surface area contributed by atoms with Crippen LogP contribution in [0, 0.1) is 10.8 Å². The first-order chi connectivity index (χ1) is 19.2. The fourth-order valence-electron chi connectivity index (χ4n) is 6.38. The van der Waals surface area contributed by atoms with Crippen molar-refractivity contribution in [1.82, 2.24) is 24.8 Å². The number of piperidine rings is 2. The third-order valence-electron chi connectivity index (χ3n) is 7.75. The smallest absolute Gasteiger partial charge is 0.322 e. The van der Waals surface area contributed by atoms with Crippen molar-refractivity contribution in [2.75, 3.05) is 34.4 Å². The number of fused-ring (bicyclic) bond motifs is 2. The van der Waals surface area contributed by atoms with Crippen molar-refractivity contribution in [3.05, 3.63) is 87.1 Å². The van der Waals surface area contributed by atoms with E-state index >= 15 is 0 Å². The summed E-state index contributed by atoms with van der Waals surface area (Å²) in [5.41, 5.74) is -1.98. The number of ether oxygens (including phenoxy) is 2. The zero-order chi connectivity index (χ0) is 28.7. The van der Waals surface area contributed by atoms with E-state index in [2.05, 4.69) is 46.8 Å². The summed E-state index contributed by atoms with van der Waals surface area (Å²) in [6.45, 7) is 0.248. The van der Waals surface area contributed by atoms with Gasteiger partial charge in [0.1, 0.15) is 9.21 Å². The Morgan fingerprint density at radius 3 is 1.82 bits per heavy atom. The first-order valence-corrected chi connectivity index (χ1v) is 14.1. The Labute approximate surface area is 248 Å². The van der Waals surface area contributed by atoms with Gasteiger partial charge in [0.05, 0.1) is 43.4 Å². The molecule has 2 bridgehead atoms. The summed E-state index contributed by atoms with van der Waals surface area (Å²) in [7, 11) is 4.27. The second-order valence-electron chi connectivity index (χ2n) is 9.96. The van der Waals surface area contributed by atoms with Crippen LogP contribution in [0.5, 0.6) is 0 Å². The number of aromatic nitrogens is 3. The van der Waals surface area contributed by atoms with Gasteiger partial charge in [0, 0.05) is 25.8 Å². The average Bonchev–Trinajstić information content (AvgIpc) is 2.94. The predicted molar refractivity (Wildman–Crippen MR) is 151 cm³/mol. The minimum absolute atomic E-state index is 0.0182. The average molecular weight is 673 g/mol. The van der Waals surface area contributed by atoms with Crippen molar-refractivity contribution in [2.24, 2.45) is 10.8 Å². The van der Waals surface area contributed by atoms with Crippen LogP contribution in [0.4, 0.5) is 0 Å². The quantitative estimate of drug-likeness (QED) is 0.219. The number of carbonyl (C=O) groups is 3. The molecule has 2 aliphatic heterocycles. The lowest BCUT2D eigenvalue weighted by Crippen LogP contribution is -2.75. The van der Waals surface area contributed by atoms with E-state index in [-0.39, 0.29) is 19.6 Å². The number of rotatable bonds is 6. The Hall–Kier alpha value is -3.06. The zero-order valence-electron chi connectivity index (χ0n) is 22.1. The molecule has 0 amide bonds. The molecule has 3 aromatic rings. The van der Waals surface area contributed by atoms with Crippen molar-refractivity contribution in [1.29, 1.82) is 0 Å². The number of carbonyl (C=O) groups excluding carboxylic acids is 3. The van der Waals surface area contributed by atoms with Gasteiger partial charge in [-0.3, -0.25) is 29.2 Å². The highest BCUT2D eigenvalue weighted by atomic mass is 79.9. The largest absolute Gasteiger partial charge is 0.468 e. The van der Waals surface area contributed by atoms with Gasteiger partial charge in [0.25, 0.3) is 0 Å². The molecule has 208 valence electrons. The minimum atomic E-state index is -1.82. The van der Waals surface area contributed by atoms with Crippen molar-refractivity contribution >= 4 is 49.6 Å². The lowest BCUT2D eigenvalue weighted by atomic mass is 9.54. The first kappa shape index (κ1) is 28.5. The Morgan fingerprint density at radius 1 is 0.875 bits per heavy atom. The highest BCUT2D eigenvalue weighted by Gasteiger charge is 2.75. The molecule has 0 saturated carbocycles. The number of halogens is 2. The second kappa shape index (κ2) is 11.1. The van der Waals surface area contributed by atoms with Crippen LogP contribution in [-0.2, 0) is 30.4 Å². The van der Waals surface area contributed by atoms with E-state index in [9.17, 15) is 14.4 Å². The molecule has 0 aliphatic carbocycles. The maximum absolute atomic E-state index is 15.0. The van der Waals surface area contributed by atoms with Crippen molar-refractivity contribution in [3.8, 4) is 0 Å². The van der Waals surface area contributed by atoms with Gasteiger partial charge in [0.2, 0.25) is 0 Å². The van der Waals surface area contributed by atoms with E-state index < -0.39 is 40.6 Å². The number of ketones is 1. The van der Waals surface area contributed by atoms with E-state index in [0.717, 1.165) is 5.69 Å². The lowest BCUT2D eigenvalue weighted by molar-refractivity contribution is -0.204. The molecule has 10 nitrogen and oxygen atoms in total. The number of pyridine rings is 3. The normalized spacial score (nSPS) is 26.8. The molecule has 4 unspecified atom stereocenters. The van der Waals surface area contributed by atoms with Gasteiger partial charge >= 0.3 is 11.9 Å². The SMILES string of the molecule is COC(=O)C12CN(Cc3ccccn3)CC(C(=O)OC)(C1=O)C(c1cccc(Br)n1)N(C)C2c1cccc(Br)n1. The van der Waals surface area contributed by atoms with Crippen LogP contribution in [0.1, 0.15) is 29.2 Å². The molecule has 0 N–H and O–H groups in total. The van der Waals surface area contributed by atoms with Crippen LogP contribution in [0.2, 0.25) is 0 Å². The van der Waals surface area contributed by atoms with Gasteiger partial charge in [-0.25, -0.2) is 9.97 Å². The van der Waals surface area contributed by atoms with Crippen molar-refractivity contribution in [2.45, 2.75) is 18.6 Å². The van der Waals surface area contributed by atoms with Gasteiger partial charge in [-0.15, -0.1) is 0 Å². The van der Waals surface area contributed by atoms with Crippen LogP contribution in [0.3, 0.4) is 0 Å². The fourth-order valence-corrected chi connectivity index (χ4v) is 7.09. The van der Waals surface area contributed by atoms with E-state index in [0.29, 0.717) is 20.6 Å². The maximum Gasteiger partial charge on any atom is 0.322 e. The number of nitrogens with zero attached hydrogens (tertiary/aromatic N) is 5. The summed E-state index contributed by atoms with van der Waals surface area (Å²) in [5, 5.41) is 0. The topological polar surface area (TPSA) is 115 Å². The first-order valence-electron chi connectivity index (χ1n) is 12.5. The molecule has 5 heterocycles. The van der Waals surface area contributed by atoms with Gasteiger partial charge in [-0.05, 0) is 75.3 Å². The molecule has 0 radical (unpaired) electrons. The molecule has 2 saturated heterocycles. The Balaban J connectivity index is 1.82. The van der Waals surface area contributed by atoms with Crippen LogP contribution in [0.15, 0.2) is 70.0 Å². The van der Waals surface area contributed by atoms with Gasteiger partial charge in [-0.2, -0.15) is 0 Å². The molecule has 3 aromatic heterocycles. The molecular formula is C28H27Br2N5O5. The van der Waals surface area contributed by atoms with E-state index in [1.165, 1.54) is 14.2 Å². The Morgan fingerprint density at radius 2 is 1.40 bits per heavy atom. The Kier molecular flexibility index (Phi) is 7.88. The maximum atomic E-state index is 15.0. The number of methoxy groups -OCH3 is 2. The number of likely N-dealkylation sites (tertiary alicyclic amines) is 2. The third kappa shape index (κ3) is 4.47. The number of Topliss-reactive ketones (excluding diaryl/α,β-unsaturated/α-hetero) is 1. The van der Waals surface area contributed by atoms with Gasteiger partial charge < -0.3 is 9.47 Å². The number of hydrogen-bond donors (Lipinski definition) is 0. The lowest BCUT2D eigenvalue weighted by Gasteiger charge is -2.60. The summed E-state index contributed by atoms with van der Waals surface area (Å²) in [6.07, 6.45) is 1.67. The summed E-state index contributed by atoms with van der Waals surface area (Å²) in [6, 6.07) is 14.4. The van der Waals surface area contributed by atoms with Gasteiger partial charge in [0.15, 0.2) is 16.6 Å². The molecule has 4 atom stereocenters. The molecule has 0 aromatic carbocycles. The van der Waals surface area contributed by atoms with Crippen LogP contribution >= 0.6 is 31.9 Å². The molecule has 5 rings (SSSR count). The summed E-state index contributed by atoms with van der Waals surface area (Å²) >= 11 is 6.86. The third-order valence-corrected chi connectivity index (χ3v) is 8.63. The van der Waals surface area contributed by atoms with Crippen LogP contribution in [0.25, 0.3) is 0 Å². The minimum Gasteiger partial charge on any atom is -0.468 e. The zero-order valence-corrected chi connectivity index (χ0v) is 25.3. The summed E-state index contributed by atoms with van der Waals surface area (Å²) < 4.78 is 11.8. The predicted octanol–water partition coefficient (Wildman–Crippen LogP) is 3.53. The van der Waals surface area contributed by atoms with Crippen LogP contribution < -0.4 is 0 Å². The number of esters is 2. The summed E-state index contributed by atoms with van der Waals surface area (Å²) in [5.74, 6) is -2.08. The van der Waals surface area contributed by atoms with Crippen LogP contribution in [-0.4, -0.2) is 76.8 Å². The van der Waals surface area contributed by atoms with Gasteiger partial charge in [-0.1, -0.05) is 18.2 Å².